The third kappa shape index (κ3) is 4.61. The third-order valence-electron chi connectivity index (χ3n) is 1.88. The lowest BCUT2D eigenvalue weighted by molar-refractivity contribution is 1.62. The van der Waals surface area contributed by atoms with Gasteiger partial charge in [-0.05, 0) is 32.5 Å². The first-order valence-electron chi connectivity index (χ1n) is 4.38. The van der Waals surface area contributed by atoms with Gasteiger partial charge in [-0.2, -0.15) is 0 Å². The SMILES string of the molecule is ClSCl.c1ccc(-c2ccccc2)cc1. The smallest absolute Gasteiger partial charge is 0.0523 e. The molecule has 0 unspecified atom stereocenters. The Kier molecular flexibility index (Phi) is 6.33. The van der Waals surface area contributed by atoms with Crippen LogP contribution in [-0.2, 0) is 0 Å². The Labute approximate surface area is 103 Å². The molecule has 0 saturated carbocycles. The summed E-state index contributed by atoms with van der Waals surface area (Å²) in [6.45, 7) is 0. The van der Waals surface area contributed by atoms with Crippen LogP contribution in [0.5, 0.6) is 0 Å². The highest BCUT2D eigenvalue weighted by Crippen LogP contribution is 2.17. The Bertz CT molecular complexity index is 324. The molecule has 0 aliphatic carbocycles. The van der Waals surface area contributed by atoms with Crippen LogP contribution in [-0.4, -0.2) is 0 Å². The molecule has 0 nitrogen and oxygen atoms in total. The fourth-order valence-electron chi connectivity index (χ4n) is 1.26. The van der Waals surface area contributed by atoms with Crippen LogP contribution in [0.25, 0.3) is 11.1 Å². The molecule has 0 aromatic heterocycles. The number of halogens is 2. The number of hydrogen-bond acceptors (Lipinski definition) is 1. The van der Waals surface area contributed by atoms with Crippen LogP contribution in [0.1, 0.15) is 0 Å². The van der Waals surface area contributed by atoms with E-state index in [-0.39, 0.29) is 0 Å². The Balaban J connectivity index is 0.000000337. The second-order valence-electron chi connectivity index (χ2n) is 2.79. The van der Waals surface area contributed by atoms with Crippen LogP contribution in [0.4, 0.5) is 0 Å². The van der Waals surface area contributed by atoms with Gasteiger partial charge in [0.25, 0.3) is 0 Å². The summed E-state index contributed by atoms with van der Waals surface area (Å²) in [7, 11) is 10.1. The minimum absolute atomic E-state index is 0.694. The quantitative estimate of drug-likeness (QED) is 0.660. The van der Waals surface area contributed by atoms with E-state index in [1.54, 1.807) is 0 Å². The molecule has 0 aliphatic heterocycles. The van der Waals surface area contributed by atoms with Crippen molar-refractivity contribution in [2.24, 2.45) is 0 Å². The minimum Gasteiger partial charge on any atom is -0.0622 e. The average molecular weight is 257 g/mol. The zero-order chi connectivity index (χ0) is 10.9. The molecule has 78 valence electrons. The second kappa shape index (κ2) is 7.63. The monoisotopic (exact) mass is 256 g/mol. The minimum atomic E-state index is 0.694. The molecule has 0 atom stereocenters. The molecule has 0 heterocycles. The fourth-order valence-corrected chi connectivity index (χ4v) is 1.26. The van der Waals surface area contributed by atoms with E-state index in [2.05, 4.69) is 69.9 Å². The van der Waals surface area contributed by atoms with Gasteiger partial charge in [-0.3, -0.25) is 0 Å². The van der Waals surface area contributed by atoms with E-state index >= 15 is 0 Å². The van der Waals surface area contributed by atoms with Crippen molar-refractivity contribution in [3.63, 3.8) is 0 Å². The van der Waals surface area contributed by atoms with E-state index in [1.807, 2.05) is 12.1 Å². The van der Waals surface area contributed by atoms with E-state index < -0.39 is 0 Å². The number of hydrogen-bond donors (Lipinski definition) is 0. The predicted octanol–water partition coefficient (Wildman–Crippen LogP) is 5.38. The van der Waals surface area contributed by atoms with E-state index in [0.29, 0.717) is 10.2 Å². The van der Waals surface area contributed by atoms with Gasteiger partial charge < -0.3 is 0 Å². The molecule has 0 saturated heterocycles. The van der Waals surface area contributed by atoms with Gasteiger partial charge in [0.2, 0.25) is 0 Å². The van der Waals surface area contributed by atoms with Gasteiger partial charge in [0.15, 0.2) is 0 Å². The number of benzene rings is 2. The summed E-state index contributed by atoms with van der Waals surface area (Å²) in [5.74, 6) is 0. The summed E-state index contributed by atoms with van der Waals surface area (Å²) < 4.78 is 0. The highest BCUT2D eigenvalue weighted by atomic mass is 36.0. The molecular formula is C12H10Cl2S. The van der Waals surface area contributed by atoms with Gasteiger partial charge in [0.05, 0.1) is 10.2 Å². The van der Waals surface area contributed by atoms with Crippen LogP contribution in [0, 0.1) is 0 Å². The van der Waals surface area contributed by atoms with Gasteiger partial charge in [-0.15, -0.1) is 0 Å². The maximum atomic E-state index is 4.68. The zero-order valence-electron chi connectivity index (χ0n) is 7.94. The molecule has 0 amide bonds. The van der Waals surface area contributed by atoms with Gasteiger partial charge in [-0.25, -0.2) is 0 Å². The van der Waals surface area contributed by atoms with Gasteiger partial charge in [0.1, 0.15) is 0 Å². The average Bonchev–Trinajstić information content (AvgIpc) is 2.32. The molecule has 0 aliphatic rings. The molecule has 15 heavy (non-hydrogen) atoms. The van der Waals surface area contributed by atoms with Crippen LogP contribution in [0.15, 0.2) is 60.7 Å². The van der Waals surface area contributed by atoms with Crippen molar-refractivity contribution in [1.29, 1.82) is 0 Å². The zero-order valence-corrected chi connectivity index (χ0v) is 10.3. The molecule has 3 heteroatoms. The topological polar surface area (TPSA) is 0 Å². The Hall–Kier alpha value is -0.630. The summed E-state index contributed by atoms with van der Waals surface area (Å²) >= 11 is 0. The highest BCUT2D eigenvalue weighted by Gasteiger charge is 1.91. The summed E-state index contributed by atoms with van der Waals surface area (Å²) in [5.41, 5.74) is 2.55. The molecule has 0 spiro atoms. The molecule has 2 rings (SSSR count). The van der Waals surface area contributed by atoms with Crippen LogP contribution >= 0.6 is 31.6 Å². The Morgan fingerprint density at radius 1 is 0.600 bits per heavy atom. The summed E-state index contributed by atoms with van der Waals surface area (Å²) in [6, 6.07) is 20.8. The first-order chi connectivity index (χ1) is 7.38. The fraction of sp³-hybridized carbons (Fsp3) is 0. The lowest BCUT2D eigenvalue weighted by Crippen LogP contribution is -1.73. The first kappa shape index (κ1) is 12.4. The van der Waals surface area contributed by atoms with Gasteiger partial charge >= 0.3 is 0 Å². The van der Waals surface area contributed by atoms with E-state index in [4.69, 9.17) is 0 Å². The van der Waals surface area contributed by atoms with Crippen molar-refractivity contribution in [2.45, 2.75) is 0 Å². The van der Waals surface area contributed by atoms with Crippen molar-refractivity contribution in [1.82, 2.24) is 0 Å². The molecule has 0 bridgehead atoms. The Morgan fingerprint density at radius 2 is 0.867 bits per heavy atom. The summed E-state index contributed by atoms with van der Waals surface area (Å²) in [6.07, 6.45) is 0. The molecule has 0 radical (unpaired) electrons. The van der Waals surface area contributed by atoms with Crippen molar-refractivity contribution in [3.8, 4) is 11.1 Å². The van der Waals surface area contributed by atoms with E-state index in [0.717, 1.165) is 0 Å². The van der Waals surface area contributed by atoms with Gasteiger partial charge in [0, 0.05) is 0 Å². The van der Waals surface area contributed by atoms with Gasteiger partial charge in [-0.1, -0.05) is 60.7 Å². The maximum absolute atomic E-state index is 4.68. The summed E-state index contributed by atoms with van der Waals surface area (Å²) in [5, 5.41) is 0. The molecule has 2 aromatic carbocycles. The first-order valence-corrected chi connectivity index (χ1v) is 6.85. The molecule has 0 N–H and O–H groups in total. The second-order valence-corrected chi connectivity index (χ2v) is 4.31. The molecule has 2 aromatic rings. The maximum Gasteiger partial charge on any atom is 0.0523 e. The van der Waals surface area contributed by atoms with Crippen molar-refractivity contribution < 1.29 is 0 Å². The number of rotatable bonds is 1. The van der Waals surface area contributed by atoms with Crippen molar-refractivity contribution in [2.75, 3.05) is 0 Å². The standard InChI is InChI=1S/C12H10.Cl2S/c1-3-7-11(8-4-1)12-9-5-2-6-10-12;1-3-2/h1-10H;. The van der Waals surface area contributed by atoms with Crippen LogP contribution < -0.4 is 0 Å². The highest BCUT2D eigenvalue weighted by molar-refractivity contribution is 8.38. The predicted molar refractivity (Wildman–Crippen MR) is 71.2 cm³/mol. The summed E-state index contributed by atoms with van der Waals surface area (Å²) in [4.78, 5) is 0. The van der Waals surface area contributed by atoms with E-state index in [9.17, 15) is 0 Å². The lowest BCUT2D eigenvalue weighted by atomic mass is 10.1. The van der Waals surface area contributed by atoms with Crippen LogP contribution in [0.3, 0.4) is 0 Å². The van der Waals surface area contributed by atoms with Crippen LogP contribution in [0.2, 0.25) is 0 Å². The van der Waals surface area contributed by atoms with Crippen molar-refractivity contribution in [3.05, 3.63) is 60.7 Å². The van der Waals surface area contributed by atoms with E-state index in [1.165, 1.54) is 11.1 Å². The van der Waals surface area contributed by atoms with Crippen molar-refractivity contribution >= 4 is 31.6 Å². The molecular weight excluding hydrogens is 247 g/mol. The lowest BCUT2D eigenvalue weighted by Gasteiger charge is -1.98. The third-order valence-corrected chi connectivity index (χ3v) is 1.88. The Morgan fingerprint density at radius 3 is 1.13 bits per heavy atom. The largest absolute Gasteiger partial charge is 0.0622 e. The molecule has 0 fully saturated rings. The normalized spacial score (nSPS) is 8.93.